The van der Waals surface area contributed by atoms with Gasteiger partial charge in [0.15, 0.2) is 0 Å². The Morgan fingerprint density at radius 2 is 1.95 bits per heavy atom. The first-order valence-electron chi connectivity index (χ1n) is 5.92. The van der Waals surface area contributed by atoms with Gasteiger partial charge in [-0.15, -0.1) is 0 Å². The van der Waals surface area contributed by atoms with Crippen molar-refractivity contribution in [2.45, 2.75) is 26.4 Å². The van der Waals surface area contributed by atoms with E-state index in [1.54, 1.807) is 0 Å². The first-order valence-corrected chi connectivity index (χ1v) is 5.92. The third kappa shape index (κ3) is 2.50. The van der Waals surface area contributed by atoms with Crippen LogP contribution in [0.25, 0.3) is 11.0 Å². The second kappa shape index (κ2) is 4.54. The Bertz CT molecular complexity index is 653. The maximum Gasteiger partial charge on any atom is 0.417 e. The lowest BCUT2D eigenvalue weighted by Gasteiger charge is -2.18. The molecule has 3 nitrogen and oxygen atoms in total. The van der Waals surface area contributed by atoms with Crippen LogP contribution < -0.4 is 0 Å². The minimum atomic E-state index is -4.51. The largest absolute Gasteiger partial charge is 0.481 e. The Labute approximate surface area is 113 Å². The third-order valence-corrected chi connectivity index (χ3v) is 3.19. The molecular weight excluding hydrogens is 273 g/mol. The average molecular weight is 286 g/mol. The molecule has 1 heterocycles. The van der Waals surface area contributed by atoms with E-state index in [1.165, 1.54) is 32.2 Å². The molecule has 0 radical (unpaired) electrons. The summed E-state index contributed by atoms with van der Waals surface area (Å²) in [6, 6.07) is 3.66. The van der Waals surface area contributed by atoms with Crippen LogP contribution in [-0.4, -0.2) is 11.1 Å². The minimum absolute atomic E-state index is 0.0393. The highest BCUT2D eigenvalue weighted by molar-refractivity contribution is 5.86. The standard InChI is InChI=1S/C14H13F3O3/c1-13(2,12(18)19)6-8-7-20-10-5-3-4-9(11(8)10)14(15,16)17/h3-5,7H,6H2,1-2H3,(H,18,19). The Hall–Kier alpha value is -1.98. The van der Waals surface area contributed by atoms with Crippen LogP contribution in [0.3, 0.4) is 0 Å². The number of aliphatic carboxylic acids is 1. The van der Waals surface area contributed by atoms with Crippen molar-refractivity contribution in [1.29, 1.82) is 0 Å². The van der Waals surface area contributed by atoms with Gasteiger partial charge in [0.2, 0.25) is 0 Å². The molecule has 6 heteroatoms. The second-order valence-corrected chi connectivity index (χ2v) is 5.30. The Morgan fingerprint density at radius 1 is 1.30 bits per heavy atom. The number of furan rings is 1. The summed E-state index contributed by atoms with van der Waals surface area (Å²) < 4.78 is 44.1. The summed E-state index contributed by atoms with van der Waals surface area (Å²) >= 11 is 0. The van der Waals surface area contributed by atoms with Gasteiger partial charge in [-0.1, -0.05) is 6.07 Å². The average Bonchev–Trinajstić information content (AvgIpc) is 2.70. The molecule has 0 aliphatic heterocycles. The van der Waals surface area contributed by atoms with Gasteiger partial charge in [0, 0.05) is 5.39 Å². The lowest BCUT2D eigenvalue weighted by atomic mass is 9.85. The number of fused-ring (bicyclic) bond motifs is 1. The van der Waals surface area contributed by atoms with Crippen molar-refractivity contribution in [3.63, 3.8) is 0 Å². The molecule has 108 valence electrons. The minimum Gasteiger partial charge on any atom is -0.481 e. The van der Waals surface area contributed by atoms with Gasteiger partial charge in [-0.3, -0.25) is 4.79 Å². The number of hydrogen-bond acceptors (Lipinski definition) is 2. The smallest absolute Gasteiger partial charge is 0.417 e. The molecule has 0 spiro atoms. The van der Waals surface area contributed by atoms with Crippen molar-refractivity contribution in [2.75, 3.05) is 0 Å². The first kappa shape index (κ1) is 14.4. The molecule has 1 aromatic heterocycles. The molecule has 2 rings (SSSR count). The van der Waals surface area contributed by atoms with Gasteiger partial charge in [0.05, 0.1) is 17.2 Å². The van der Waals surface area contributed by atoms with Gasteiger partial charge in [-0.2, -0.15) is 13.2 Å². The van der Waals surface area contributed by atoms with Crippen molar-refractivity contribution in [2.24, 2.45) is 5.41 Å². The predicted molar refractivity (Wildman–Crippen MR) is 66.3 cm³/mol. The molecule has 1 aromatic carbocycles. The molecule has 0 fully saturated rings. The zero-order valence-electron chi connectivity index (χ0n) is 10.9. The van der Waals surface area contributed by atoms with Crippen LogP contribution in [-0.2, 0) is 17.4 Å². The molecular formula is C14H13F3O3. The molecule has 0 saturated heterocycles. The SMILES string of the molecule is CC(C)(Cc1coc2cccc(C(F)(F)F)c12)C(=O)O. The number of rotatable bonds is 3. The van der Waals surface area contributed by atoms with E-state index in [9.17, 15) is 18.0 Å². The fraction of sp³-hybridized carbons (Fsp3) is 0.357. The number of hydrogen-bond donors (Lipinski definition) is 1. The molecule has 2 aromatic rings. The van der Waals surface area contributed by atoms with E-state index in [0.717, 1.165) is 6.07 Å². The van der Waals surface area contributed by atoms with E-state index in [0.29, 0.717) is 0 Å². The van der Waals surface area contributed by atoms with Crippen LogP contribution in [0.15, 0.2) is 28.9 Å². The van der Waals surface area contributed by atoms with Crippen LogP contribution in [0.2, 0.25) is 0 Å². The van der Waals surface area contributed by atoms with Gasteiger partial charge >= 0.3 is 12.1 Å². The summed E-state index contributed by atoms with van der Waals surface area (Å²) in [7, 11) is 0. The Kier molecular flexibility index (Phi) is 3.28. The summed E-state index contributed by atoms with van der Waals surface area (Å²) in [5.41, 5.74) is -1.62. The van der Waals surface area contributed by atoms with Crippen molar-refractivity contribution >= 4 is 16.9 Å². The van der Waals surface area contributed by atoms with Crippen molar-refractivity contribution in [3.8, 4) is 0 Å². The number of carbonyl (C=O) groups is 1. The Balaban J connectivity index is 2.59. The summed E-state index contributed by atoms with van der Waals surface area (Å²) in [6.07, 6.45) is -3.35. The summed E-state index contributed by atoms with van der Waals surface area (Å²) in [5.74, 6) is -1.07. The van der Waals surface area contributed by atoms with Gasteiger partial charge in [0.25, 0.3) is 0 Å². The third-order valence-electron chi connectivity index (χ3n) is 3.19. The van der Waals surface area contributed by atoms with Crippen LogP contribution in [0.5, 0.6) is 0 Å². The normalized spacial score (nSPS) is 12.8. The number of carboxylic acid groups (broad SMARTS) is 1. The number of benzene rings is 1. The molecule has 20 heavy (non-hydrogen) atoms. The first-order chi connectivity index (χ1) is 9.13. The maximum atomic E-state index is 13.0. The molecule has 0 saturated carbocycles. The molecule has 0 bridgehead atoms. The zero-order chi connectivity index (χ0) is 15.1. The van der Waals surface area contributed by atoms with E-state index < -0.39 is 23.1 Å². The molecule has 1 N–H and O–H groups in total. The second-order valence-electron chi connectivity index (χ2n) is 5.30. The lowest BCUT2D eigenvalue weighted by Crippen LogP contribution is -2.26. The highest BCUT2D eigenvalue weighted by Gasteiger charge is 2.36. The van der Waals surface area contributed by atoms with Crippen molar-refractivity contribution in [1.82, 2.24) is 0 Å². The maximum absolute atomic E-state index is 13.0. The summed E-state index contributed by atoms with van der Waals surface area (Å²) in [6.45, 7) is 2.93. The number of halogens is 3. The van der Waals surface area contributed by atoms with Gasteiger partial charge in [0.1, 0.15) is 5.58 Å². The highest BCUT2D eigenvalue weighted by Crippen LogP contribution is 2.38. The van der Waals surface area contributed by atoms with Crippen LogP contribution in [0, 0.1) is 5.41 Å². The summed E-state index contributed by atoms with van der Waals surface area (Å²) in [5, 5.41) is 9.03. The quantitative estimate of drug-likeness (QED) is 0.924. The van der Waals surface area contributed by atoms with Gasteiger partial charge < -0.3 is 9.52 Å². The molecule has 0 atom stereocenters. The highest BCUT2D eigenvalue weighted by atomic mass is 19.4. The van der Waals surface area contributed by atoms with E-state index in [1.807, 2.05) is 0 Å². The fourth-order valence-electron chi connectivity index (χ4n) is 2.07. The number of alkyl halides is 3. The van der Waals surface area contributed by atoms with E-state index >= 15 is 0 Å². The van der Waals surface area contributed by atoms with Crippen LogP contribution in [0.1, 0.15) is 25.0 Å². The summed E-state index contributed by atoms with van der Waals surface area (Å²) in [4.78, 5) is 11.1. The number of carboxylic acids is 1. The lowest BCUT2D eigenvalue weighted by molar-refractivity contribution is -0.146. The predicted octanol–water partition coefficient (Wildman–Crippen LogP) is 4.10. The molecule has 0 aliphatic carbocycles. The molecule has 0 unspecified atom stereocenters. The van der Waals surface area contributed by atoms with Crippen molar-refractivity contribution in [3.05, 3.63) is 35.6 Å². The van der Waals surface area contributed by atoms with Gasteiger partial charge in [-0.25, -0.2) is 0 Å². The molecule has 0 amide bonds. The van der Waals surface area contributed by atoms with Crippen LogP contribution >= 0.6 is 0 Å². The monoisotopic (exact) mass is 286 g/mol. The van der Waals surface area contributed by atoms with E-state index in [4.69, 9.17) is 9.52 Å². The van der Waals surface area contributed by atoms with E-state index in [-0.39, 0.29) is 23.0 Å². The van der Waals surface area contributed by atoms with Gasteiger partial charge in [-0.05, 0) is 38.0 Å². The fourth-order valence-corrected chi connectivity index (χ4v) is 2.07. The Morgan fingerprint density at radius 3 is 2.50 bits per heavy atom. The zero-order valence-corrected chi connectivity index (χ0v) is 10.9. The topological polar surface area (TPSA) is 50.4 Å². The molecule has 0 aliphatic rings. The van der Waals surface area contributed by atoms with E-state index in [2.05, 4.69) is 0 Å². The van der Waals surface area contributed by atoms with Crippen LogP contribution in [0.4, 0.5) is 13.2 Å². The van der Waals surface area contributed by atoms with Crippen molar-refractivity contribution < 1.29 is 27.5 Å².